The zero-order valence-corrected chi connectivity index (χ0v) is 10.3. The lowest BCUT2D eigenvalue weighted by Crippen LogP contribution is -2.42. The van der Waals surface area contributed by atoms with Crippen molar-refractivity contribution >= 4 is 5.91 Å². The fraction of sp³-hybridized carbons (Fsp3) is 0.667. The highest BCUT2D eigenvalue weighted by atomic mass is 16.2. The molecule has 0 aliphatic heterocycles. The van der Waals surface area contributed by atoms with Gasteiger partial charge in [0.25, 0.3) is 0 Å². The molecule has 0 saturated heterocycles. The van der Waals surface area contributed by atoms with Gasteiger partial charge in [0.1, 0.15) is 0 Å². The molecule has 17 heavy (non-hydrogen) atoms. The first kappa shape index (κ1) is 12.1. The van der Waals surface area contributed by atoms with Crippen LogP contribution in [0.1, 0.15) is 31.2 Å². The summed E-state index contributed by atoms with van der Waals surface area (Å²) in [5, 5.41) is 6.62. The lowest BCUT2D eigenvalue weighted by molar-refractivity contribution is -0.134. The molecule has 1 fully saturated rings. The van der Waals surface area contributed by atoms with Crippen LogP contribution in [0.15, 0.2) is 12.4 Å². The van der Waals surface area contributed by atoms with E-state index in [0.717, 1.165) is 18.4 Å². The standard InChI is InChI=1S/C12H20N4O/c1-16(8-10-6-14-15-7-10)11(17)5-12(9-13)3-2-4-12/h6-7H,2-5,8-9,13H2,1H3,(H,14,15). The Morgan fingerprint density at radius 2 is 2.41 bits per heavy atom. The van der Waals surface area contributed by atoms with Crippen molar-refractivity contribution in [1.29, 1.82) is 0 Å². The number of H-pyrrole nitrogens is 1. The molecule has 1 amide bonds. The smallest absolute Gasteiger partial charge is 0.223 e. The second-order valence-corrected chi connectivity index (χ2v) is 5.09. The lowest BCUT2D eigenvalue weighted by atomic mass is 9.66. The van der Waals surface area contributed by atoms with Gasteiger partial charge < -0.3 is 10.6 Å². The Balaban J connectivity index is 1.87. The molecule has 94 valence electrons. The van der Waals surface area contributed by atoms with Crippen molar-refractivity contribution in [3.63, 3.8) is 0 Å². The summed E-state index contributed by atoms with van der Waals surface area (Å²) >= 11 is 0. The molecule has 5 heteroatoms. The molecule has 5 nitrogen and oxygen atoms in total. The van der Waals surface area contributed by atoms with Crippen LogP contribution in [0.25, 0.3) is 0 Å². The Kier molecular flexibility index (Phi) is 3.47. The van der Waals surface area contributed by atoms with Crippen molar-refractivity contribution in [2.75, 3.05) is 13.6 Å². The molecule has 0 atom stereocenters. The Labute approximate surface area is 101 Å². The van der Waals surface area contributed by atoms with Crippen LogP contribution in [-0.2, 0) is 11.3 Å². The molecule has 1 aliphatic carbocycles. The third kappa shape index (κ3) is 2.66. The summed E-state index contributed by atoms with van der Waals surface area (Å²) in [4.78, 5) is 13.8. The Bertz CT molecular complexity index is 364. The third-order valence-electron chi connectivity index (χ3n) is 3.77. The highest BCUT2D eigenvalue weighted by molar-refractivity contribution is 5.76. The van der Waals surface area contributed by atoms with Gasteiger partial charge in [0.05, 0.1) is 6.20 Å². The van der Waals surface area contributed by atoms with Crippen molar-refractivity contribution in [3.05, 3.63) is 18.0 Å². The van der Waals surface area contributed by atoms with Crippen LogP contribution in [0.4, 0.5) is 0 Å². The molecule has 1 heterocycles. The molecule has 1 aromatic rings. The van der Waals surface area contributed by atoms with Crippen molar-refractivity contribution in [2.24, 2.45) is 11.1 Å². The fourth-order valence-electron chi connectivity index (χ4n) is 2.31. The maximum Gasteiger partial charge on any atom is 0.223 e. The number of carbonyl (C=O) groups is 1. The van der Waals surface area contributed by atoms with Gasteiger partial charge in [-0.05, 0) is 24.8 Å². The monoisotopic (exact) mass is 236 g/mol. The summed E-state index contributed by atoms with van der Waals surface area (Å²) in [5.41, 5.74) is 6.88. The molecule has 3 N–H and O–H groups in total. The topological polar surface area (TPSA) is 75.0 Å². The highest BCUT2D eigenvalue weighted by Crippen LogP contribution is 2.43. The first-order valence-electron chi connectivity index (χ1n) is 6.07. The van der Waals surface area contributed by atoms with E-state index in [1.165, 1.54) is 6.42 Å². The van der Waals surface area contributed by atoms with Crippen LogP contribution in [0.2, 0.25) is 0 Å². The van der Waals surface area contributed by atoms with Crippen molar-refractivity contribution < 1.29 is 4.79 Å². The van der Waals surface area contributed by atoms with Gasteiger partial charge in [0.2, 0.25) is 5.91 Å². The average Bonchev–Trinajstić information content (AvgIpc) is 2.75. The molecule has 0 aromatic carbocycles. The molecular formula is C12H20N4O. The summed E-state index contributed by atoms with van der Waals surface area (Å²) in [7, 11) is 1.83. The summed E-state index contributed by atoms with van der Waals surface area (Å²) in [6, 6.07) is 0. The van der Waals surface area contributed by atoms with Crippen LogP contribution in [0.3, 0.4) is 0 Å². The maximum atomic E-state index is 12.1. The quantitative estimate of drug-likeness (QED) is 0.797. The van der Waals surface area contributed by atoms with Crippen LogP contribution in [-0.4, -0.2) is 34.6 Å². The Morgan fingerprint density at radius 3 is 2.88 bits per heavy atom. The molecular weight excluding hydrogens is 216 g/mol. The van der Waals surface area contributed by atoms with E-state index in [1.807, 2.05) is 13.2 Å². The van der Waals surface area contributed by atoms with E-state index in [0.29, 0.717) is 19.5 Å². The van der Waals surface area contributed by atoms with Gasteiger partial charge in [-0.25, -0.2) is 0 Å². The van der Waals surface area contributed by atoms with Crippen LogP contribution >= 0.6 is 0 Å². The number of carbonyl (C=O) groups excluding carboxylic acids is 1. The molecule has 1 aliphatic rings. The number of nitrogens with two attached hydrogens (primary N) is 1. The van der Waals surface area contributed by atoms with Crippen molar-refractivity contribution in [2.45, 2.75) is 32.2 Å². The largest absolute Gasteiger partial charge is 0.341 e. The van der Waals surface area contributed by atoms with Gasteiger partial charge in [-0.15, -0.1) is 0 Å². The number of hydrogen-bond acceptors (Lipinski definition) is 3. The first-order valence-corrected chi connectivity index (χ1v) is 6.07. The molecule has 0 spiro atoms. The zero-order chi connectivity index (χ0) is 12.3. The summed E-state index contributed by atoms with van der Waals surface area (Å²) in [6.45, 7) is 1.23. The Hall–Kier alpha value is -1.36. The van der Waals surface area contributed by atoms with Gasteiger partial charge in [-0.1, -0.05) is 6.42 Å². The predicted molar refractivity (Wildman–Crippen MR) is 65.0 cm³/mol. The number of rotatable bonds is 5. The van der Waals surface area contributed by atoms with E-state index in [2.05, 4.69) is 10.2 Å². The fourth-order valence-corrected chi connectivity index (χ4v) is 2.31. The van der Waals surface area contributed by atoms with E-state index in [4.69, 9.17) is 5.73 Å². The average molecular weight is 236 g/mol. The van der Waals surface area contributed by atoms with Crippen LogP contribution < -0.4 is 5.73 Å². The molecule has 2 rings (SSSR count). The van der Waals surface area contributed by atoms with Crippen LogP contribution in [0.5, 0.6) is 0 Å². The number of amides is 1. The van der Waals surface area contributed by atoms with Gasteiger partial charge in [0.15, 0.2) is 0 Å². The molecule has 1 aromatic heterocycles. The third-order valence-corrected chi connectivity index (χ3v) is 3.77. The minimum atomic E-state index is 0.0851. The number of aromatic amines is 1. The summed E-state index contributed by atoms with van der Waals surface area (Å²) in [5.74, 6) is 0.177. The zero-order valence-electron chi connectivity index (χ0n) is 10.3. The Morgan fingerprint density at radius 1 is 1.65 bits per heavy atom. The second-order valence-electron chi connectivity index (χ2n) is 5.09. The van der Waals surface area contributed by atoms with E-state index < -0.39 is 0 Å². The number of nitrogens with one attached hydrogen (secondary N) is 1. The lowest BCUT2D eigenvalue weighted by Gasteiger charge is -2.41. The number of nitrogens with zero attached hydrogens (tertiary/aromatic N) is 2. The maximum absolute atomic E-state index is 12.1. The molecule has 0 radical (unpaired) electrons. The summed E-state index contributed by atoms with van der Waals surface area (Å²) in [6.07, 6.45) is 7.52. The molecule has 0 bridgehead atoms. The van der Waals surface area contributed by atoms with Gasteiger partial charge in [-0.3, -0.25) is 9.89 Å². The number of aromatic nitrogens is 2. The predicted octanol–water partition coefficient (Wildman–Crippen LogP) is 0.887. The normalized spacial score (nSPS) is 17.5. The number of hydrogen-bond donors (Lipinski definition) is 2. The van der Waals surface area contributed by atoms with Crippen molar-refractivity contribution in [1.82, 2.24) is 15.1 Å². The molecule has 1 saturated carbocycles. The van der Waals surface area contributed by atoms with E-state index in [9.17, 15) is 4.79 Å². The summed E-state index contributed by atoms with van der Waals surface area (Å²) < 4.78 is 0. The highest BCUT2D eigenvalue weighted by Gasteiger charge is 2.38. The second kappa shape index (κ2) is 4.87. The van der Waals surface area contributed by atoms with E-state index in [1.54, 1.807) is 11.1 Å². The first-order chi connectivity index (χ1) is 8.15. The minimum Gasteiger partial charge on any atom is -0.341 e. The minimum absolute atomic E-state index is 0.0851. The van der Waals surface area contributed by atoms with E-state index in [-0.39, 0.29) is 11.3 Å². The van der Waals surface area contributed by atoms with E-state index >= 15 is 0 Å². The van der Waals surface area contributed by atoms with Crippen molar-refractivity contribution in [3.8, 4) is 0 Å². The molecule has 0 unspecified atom stereocenters. The van der Waals surface area contributed by atoms with Gasteiger partial charge in [0, 0.05) is 31.8 Å². The van der Waals surface area contributed by atoms with Gasteiger partial charge >= 0.3 is 0 Å². The van der Waals surface area contributed by atoms with Gasteiger partial charge in [-0.2, -0.15) is 5.10 Å². The SMILES string of the molecule is CN(Cc1cn[nH]c1)C(=O)CC1(CN)CCC1. The van der Waals surface area contributed by atoms with Crippen LogP contribution in [0, 0.1) is 5.41 Å².